The molecule has 2 aromatic rings. The maximum absolute atomic E-state index is 13.0. The van der Waals surface area contributed by atoms with Crippen LogP contribution in [0.5, 0.6) is 0 Å². The van der Waals surface area contributed by atoms with E-state index in [9.17, 15) is 4.79 Å². The van der Waals surface area contributed by atoms with Gasteiger partial charge in [0.15, 0.2) is 0 Å². The fraction of sp³-hybridized carbons (Fsp3) is 0.606. The normalized spacial score (nSPS) is 12.9. The van der Waals surface area contributed by atoms with Gasteiger partial charge in [0.05, 0.1) is 7.11 Å². The van der Waals surface area contributed by atoms with E-state index in [0.29, 0.717) is 6.42 Å². The molecule has 3 nitrogen and oxygen atoms in total. The van der Waals surface area contributed by atoms with E-state index in [1.165, 1.54) is 81.7 Å². The van der Waals surface area contributed by atoms with Crippen molar-refractivity contribution in [1.29, 1.82) is 0 Å². The van der Waals surface area contributed by atoms with Crippen molar-refractivity contribution in [3.63, 3.8) is 0 Å². The number of hydrogen-bond donors (Lipinski definition) is 0. The third-order valence-corrected chi connectivity index (χ3v) is 12.6. The smallest absolute Gasteiger partial charge is 0.333 e. The van der Waals surface area contributed by atoms with E-state index >= 15 is 0 Å². The minimum atomic E-state index is -2.80. The van der Waals surface area contributed by atoms with Crippen LogP contribution in [0.25, 0.3) is 0 Å². The van der Waals surface area contributed by atoms with Gasteiger partial charge in [0.1, 0.15) is 6.10 Å². The van der Waals surface area contributed by atoms with E-state index in [1.54, 1.807) is 0 Å². The first-order chi connectivity index (χ1) is 17.9. The summed E-state index contributed by atoms with van der Waals surface area (Å²) in [6.07, 6.45) is 15.7. The van der Waals surface area contributed by atoms with Gasteiger partial charge in [0.25, 0.3) is 8.32 Å². The fourth-order valence-corrected chi connectivity index (χ4v) is 10.1. The molecule has 0 aromatic heterocycles. The summed E-state index contributed by atoms with van der Waals surface area (Å²) in [6, 6.07) is 21.1. The Morgan fingerprint density at radius 2 is 1.11 bits per heavy atom. The Morgan fingerprint density at radius 1 is 0.703 bits per heavy atom. The predicted molar refractivity (Wildman–Crippen MR) is 160 cm³/mol. The van der Waals surface area contributed by atoms with Gasteiger partial charge >= 0.3 is 5.97 Å². The van der Waals surface area contributed by atoms with Crippen LogP contribution in [0.2, 0.25) is 5.04 Å². The number of rotatable bonds is 18. The molecule has 1 atom stereocenters. The molecule has 0 saturated heterocycles. The van der Waals surface area contributed by atoms with Gasteiger partial charge in [-0.15, -0.1) is 0 Å². The van der Waals surface area contributed by atoms with Crippen molar-refractivity contribution in [2.24, 2.45) is 0 Å². The lowest BCUT2D eigenvalue weighted by Crippen LogP contribution is -2.68. The molecule has 0 saturated carbocycles. The average molecular weight is 525 g/mol. The highest BCUT2D eigenvalue weighted by atomic mass is 28.4. The molecule has 0 fully saturated rings. The Labute approximate surface area is 228 Å². The molecule has 4 heteroatoms. The molecule has 2 rings (SSSR count). The summed E-state index contributed by atoms with van der Waals surface area (Å²) in [4.78, 5) is 13.0. The number of hydrogen-bond acceptors (Lipinski definition) is 3. The lowest BCUT2D eigenvalue weighted by molar-refractivity contribution is -0.149. The minimum Gasteiger partial charge on any atom is -0.467 e. The molecular weight excluding hydrogens is 472 g/mol. The Balaban J connectivity index is 2.02. The zero-order valence-electron chi connectivity index (χ0n) is 24.3. The first-order valence-electron chi connectivity index (χ1n) is 14.7. The first-order valence-corrected chi connectivity index (χ1v) is 16.6. The number of esters is 1. The van der Waals surface area contributed by atoms with Gasteiger partial charge in [0.2, 0.25) is 0 Å². The molecule has 0 unspecified atom stereocenters. The van der Waals surface area contributed by atoms with Crippen LogP contribution < -0.4 is 10.4 Å². The summed E-state index contributed by atoms with van der Waals surface area (Å²) in [5.41, 5.74) is 0. The van der Waals surface area contributed by atoms with Gasteiger partial charge < -0.3 is 9.16 Å². The topological polar surface area (TPSA) is 35.5 Å². The van der Waals surface area contributed by atoms with Gasteiger partial charge in [-0.3, -0.25) is 0 Å². The Hall–Kier alpha value is -1.91. The maximum Gasteiger partial charge on any atom is 0.333 e. The van der Waals surface area contributed by atoms with E-state index in [0.717, 1.165) is 12.8 Å². The number of ether oxygens (including phenoxy) is 1. The summed E-state index contributed by atoms with van der Waals surface area (Å²) in [7, 11) is -1.32. The van der Waals surface area contributed by atoms with Crippen molar-refractivity contribution >= 4 is 24.7 Å². The van der Waals surface area contributed by atoms with Gasteiger partial charge in [0, 0.05) is 0 Å². The third kappa shape index (κ3) is 9.72. The molecule has 37 heavy (non-hydrogen) atoms. The second-order valence-electron chi connectivity index (χ2n) is 11.5. The molecule has 0 amide bonds. The standard InChI is InChI=1S/C33H52O3Si/c1-6-7-8-9-10-11-12-13-14-15-16-23-28-31(32(34)35-5)36-37(33(2,3)4,29-24-19-17-20-25-29)30-26-21-18-22-27-30/h17-22,24-27,31H,6-16,23,28H2,1-5H3/t31-/m0/s1. The van der Waals surface area contributed by atoms with Crippen LogP contribution in [0.1, 0.15) is 111 Å². The summed E-state index contributed by atoms with van der Waals surface area (Å²) in [5.74, 6) is -0.254. The monoisotopic (exact) mass is 524 g/mol. The van der Waals surface area contributed by atoms with Gasteiger partial charge in [-0.05, 0) is 21.8 Å². The molecule has 0 heterocycles. The first kappa shape index (κ1) is 31.3. The summed E-state index contributed by atoms with van der Waals surface area (Å²) in [5, 5.41) is 2.22. The van der Waals surface area contributed by atoms with Crippen LogP contribution >= 0.6 is 0 Å². The number of carbonyl (C=O) groups is 1. The maximum atomic E-state index is 13.0. The van der Waals surface area contributed by atoms with Crippen LogP contribution in [0, 0.1) is 0 Å². The summed E-state index contributed by atoms with van der Waals surface area (Å²) < 4.78 is 12.4. The van der Waals surface area contributed by atoms with Crippen molar-refractivity contribution in [2.75, 3.05) is 7.11 Å². The molecular formula is C33H52O3Si. The zero-order valence-corrected chi connectivity index (χ0v) is 25.3. The second-order valence-corrected chi connectivity index (χ2v) is 15.7. The zero-order chi connectivity index (χ0) is 27.0. The van der Waals surface area contributed by atoms with Crippen LogP contribution in [0.4, 0.5) is 0 Å². The fourth-order valence-electron chi connectivity index (χ4n) is 5.43. The molecule has 0 N–H and O–H groups in total. The lowest BCUT2D eigenvalue weighted by atomic mass is 10.0. The molecule has 206 valence electrons. The van der Waals surface area contributed by atoms with E-state index < -0.39 is 14.4 Å². The molecule has 0 aliphatic rings. The highest BCUT2D eigenvalue weighted by Crippen LogP contribution is 2.38. The quantitative estimate of drug-likeness (QED) is 0.112. The molecule has 0 radical (unpaired) electrons. The van der Waals surface area contributed by atoms with Crippen molar-refractivity contribution in [3.05, 3.63) is 60.7 Å². The van der Waals surface area contributed by atoms with Gasteiger partial charge in [-0.25, -0.2) is 4.79 Å². The number of carbonyl (C=O) groups excluding carboxylic acids is 1. The molecule has 2 aromatic carbocycles. The van der Waals surface area contributed by atoms with E-state index in [-0.39, 0.29) is 11.0 Å². The minimum absolute atomic E-state index is 0.168. The summed E-state index contributed by atoms with van der Waals surface area (Å²) in [6.45, 7) is 9.01. The highest BCUT2D eigenvalue weighted by Gasteiger charge is 2.52. The van der Waals surface area contributed by atoms with E-state index in [2.05, 4.69) is 76.2 Å². The molecule has 0 aliphatic heterocycles. The van der Waals surface area contributed by atoms with E-state index in [1.807, 2.05) is 12.1 Å². The van der Waals surface area contributed by atoms with Crippen LogP contribution in [0.15, 0.2) is 60.7 Å². The predicted octanol–water partition coefficient (Wildman–Crippen LogP) is 8.20. The third-order valence-electron chi connectivity index (χ3n) is 7.52. The number of unbranched alkanes of at least 4 members (excludes halogenated alkanes) is 11. The Kier molecular flexibility index (Phi) is 14.2. The molecule has 0 aliphatic carbocycles. The van der Waals surface area contributed by atoms with Gasteiger partial charge in [-0.1, -0.05) is 165 Å². The van der Waals surface area contributed by atoms with Gasteiger partial charge in [-0.2, -0.15) is 0 Å². The molecule has 0 bridgehead atoms. The number of methoxy groups -OCH3 is 1. The lowest BCUT2D eigenvalue weighted by Gasteiger charge is -2.44. The van der Waals surface area contributed by atoms with Crippen molar-refractivity contribution in [2.45, 2.75) is 122 Å². The second kappa shape index (κ2) is 16.8. The van der Waals surface area contributed by atoms with Crippen LogP contribution in [0.3, 0.4) is 0 Å². The molecule has 0 spiro atoms. The van der Waals surface area contributed by atoms with Crippen molar-refractivity contribution < 1.29 is 14.0 Å². The number of benzene rings is 2. The Morgan fingerprint density at radius 3 is 1.49 bits per heavy atom. The SMILES string of the molecule is CCCCCCCCCCCCCC[C@H](O[Si](c1ccccc1)(c1ccccc1)C(C)(C)C)C(=O)OC. The van der Waals surface area contributed by atoms with Crippen LogP contribution in [-0.4, -0.2) is 27.5 Å². The highest BCUT2D eigenvalue weighted by molar-refractivity contribution is 6.99. The Bertz CT molecular complexity index is 821. The van der Waals surface area contributed by atoms with Crippen LogP contribution in [-0.2, 0) is 14.0 Å². The van der Waals surface area contributed by atoms with Crippen molar-refractivity contribution in [3.8, 4) is 0 Å². The van der Waals surface area contributed by atoms with E-state index in [4.69, 9.17) is 9.16 Å². The largest absolute Gasteiger partial charge is 0.467 e. The average Bonchev–Trinajstić information content (AvgIpc) is 2.91. The van der Waals surface area contributed by atoms with Crippen molar-refractivity contribution in [1.82, 2.24) is 0 Å². The summed E-state index contributed by atoms with van der Waals surface area (Å²) >= 11 is 0.